The van der Waals surface area contributed by atoms with Gasteiger partial charge in [-0.1, -0.05) is 60.7 Å². The van der Waals surface area contributed by atoms with Crippen molar-refractivity contribution in [2.75, 3.05) is 26.2 Å². The maximum atomic E-state index is 13.0. The third kappa shape index (κ3) is 4.42. The Balaban J connectivity index is 1.39. The van der Waals surface area contributed by atoms with Gasteiger partial charge in [0.1, 0.15) is 11.3 Å². The van der Waals surface area contributed by atoms with Gasteiger partial charge in [0.25, 0.3) is 0 Å². The molecule has 33 heavy (non-hydrogen) atoms. The second kappa shape index (κ2) is 9.22. The topological polar surface area (TPSA) is 56.9 Å². The first-order valence-electron chi connectivity index (χ1n) is 11.4. The van der Waals surface area contributed by atoms with E-state index in [1.165, 1.54) is 5.56 Å². The first-order chi connectivity index (χ1) is 16.1. The largest absolute Gasteiger partial charge is 0.507 e. The molecular formula is C28H28N2O3. The summed E-state index contributed by atoms with van der Waals surface area (Å²) < 4.78 is 5.83. The van der Waals surface area contributed by atoms with E-state index in [0.717, 1.165) is 49.2 Å². The SMILES string of the molecule is Cc1c(-c2ccccc2)c(=O)oc2c(CN3CCN(Cc4ccccc4)CC3)c(O)ccc12. The van der Waals surface area contributed by atoms with Crippen LogP contribution in [-0.2, 0) is 13.1 Å². The van der Waals surface area contributed by atoms with E-state index in [-0.39, 0.29) is 11.4 Å². The fourth-order valence-electron chi connectivity index (χ4n) is 4.72. The van der Waals surface area contributed by atoms with Gasteiger partial charge in [-0.25, -0.2) is 4.79 Å². The van der Waals surface area contributed by atoms with E-state index >= 15 is 0 Å². The van der Waals surface area contributed by atoms with Crippen molar-refractivity contribution in [2.24, 2.45) is 0 Å². The van der Waals surface area contributed by atoms with Crippen LogP contribution in [-0.4, -0.2) is 41.1 Å². The van der Waals surface area contributed by atoms with Gasteiger partial charge in [0.15, 0.2) is 0 Å². The van der Waals surface area contributed by atoms with E-state index in [0.29, 0.717) is 23.3 Å². The van der Waals surface area contributed by atoms with Gasteiger partial charge < -0.3 is 9.52 Å². The van der Waals surface area contributed by atoms with Gasteiger partial charge in [0.2, 0.25) is 0 Å². The number of aryl methyl sites for hydroxylation is 1. The lowest BCUT2D eigenvalue weighted by molar-refractivity contribution is 0.121. The predicted molar refractivity (Wildman–Crippen MR) is 131 cm³/mol. The summed E-state index contributed by atoms with van der Waals surface area (Å²) in [4.78, 5) is 17.7. The second-order valence-corrected chi connectivity index (χ2v) is 8.73. The molecule has 0 saturated carbocycles. The molecule has 1 N–H and O–H groups in total. The molecular weight excluding hydrogens is 412 g/mol. The molecule has 5 nitrogen and oxygen atoms in total. The maximum Gasteiger partial charge on any atom is 0.344 e. The molecule has 0 bridgehead atoms. The average Bonchev–Trinajstić information content (AvgIpc) is 2.83. The van der Waals surface area contributed by atoms with Crippen LogP contribution in [0, 0.1) is 6.92 Å². The minimum Gasteiger partial charge on any atom is -0.507 e. The van der Waals surface area contributed by atoms with Crippen molar-refractivity contribution in [3.63, 3.8) is 0 Å². The number of phenols is 1. The van der Waals surface area contributed by atoms with Gasteiger partial charge in [-0.3, -0.25) is 9.80 Å². The van der Waals surface area contributed by atoms with Crippen molar-refractivity contribution in [3.8, 4) is 16.9 Å². The summed E-state index contributed by atoms with van der Waals surface area (Å²) in [5, 5.41) is 11.5. The summed E-state index contributed by atoms with van der Waals surface area (Å²) in [6, 6.07) is 23.7. The predicted octanol–water partition coefficient (Wildman–Crippen LogP) is 4.79. The maximum absolute atomic E-state index is 13.0. The second-order valence-electron chi connectivity index (χ2n) is 8.73. The Morgan fingerprint density at radius 1 is 0.818 bits per heavy atom. The van der Waals surface area contributed by atoms with Crippen molar-refractivity contribution < 1.29 is 9.52 Å². The zero-order valence-corrected chi connectivity index (χ0v) is 18.8. The number of rotatable bonds is 5. The molecule has 3 aromatic carbocycles. The Labute approximate surface area is 193 Å². The van der Waals surface area contributed by atoms with Gasteiger partial charge >= 0.3 is 5.63 Å². The van der Waals surface area contributed by atoms with Crippen LogP contribution in [0.15, 0.2) is 82.0 Å². The summed E-state index contributed by atoms with van der Waals surface area (Å²) in [6.45, 7) is 7.16. The lowest BCUT2D eigenvalue weighted by Crippen LogP contribution is -2.45. The first kappa shape index (κ1) is 21.4. The van der Waals surface area contributed by atoms with Crippen LogP contribution < -0.4 is 5.63 Å². The van der Waals surface area contributed by atoms with Crippen molar-refractivity contribution >= 4 is 11.0 Å². The van der Waals surface area contributed by atoms with Gasteiger partial charge in [0, 0.05) is 44.7 Å². The molecule has 0 unspecified atom stereocenters. The number of piperazine rings is 1. The van der Waals surface area contributed by atoms with E-state index in [1.807, 2.05) is 49.4 Å². The van der Waals surface area contributed by atoms with Crippen LogP contribution in [0.3, 0.4) is 0 Å². The highest BCUT2D eigenvalue weighted by molar-refractivity contribution is 5.89. The Bertz CT molecular complexity index is 1310. The lowest BCUT2D eigenvalue weighted by atomic mass is 9.98. The Hall–Kier alpha value is -3.41. The molecule has 5 heteroatoms. The third-order valence-corrected chi connectivity index (χ3v) is 6.57. The fraction of sp³-hybridized carbons (Fsp3) is 0.250. The lowest BCUT2D eigenvalue weighted by Gasteiger charge is -2.34. The molecule has 5 rings (SSSR count). The average molecular weight is 441 g/mol. The Kier molecular flexibility index (Phi) is 5.99. The molecule has 0 spiro atoms. The third-order valence-electron chi connectivity index (χ3n) is 6.57. The van der Waals surface area contributed by atoms with Gasteiger partial charge in [-0.15, -0.1) is 0 Å². The number of hydrogen-bond donors (Lipinski definition) is 1. The molecule has 1 aliphatic rings. The van der Waals surface area contributed by atoms with E-state index in [1.54, 1.807) is 6.07 Å². The molecule has 0 atom stereocenters. The monoisotopic (exact) mass is 440 g/mol. The molecule has 4 aromatic rings. The molecule has 0 amide bonds. The van der Waals surface area contributed by atoms with E-state index in [2.05, 4.69) is 34.1 Å². The van der Waals surface area contributed by atoms with Crippen LogP contribution in [0.25, 0.3) is 22.1 Å². The Morgan fingerprint density at radius 3 is 2.09 bits per heavy atom. The number of fused-ring (bicyclic) bond motifs is 1. The standard InChI is InChI=1S/C28H28N2O3/c1-20-23-12-13-25(31)24(27(23)33-28(32)26(20)22-10-6-3-7-11-22)19-30-16-14-29(15-17-30)18-21-8-4-2-5-9-21/h2-13,31H,14-19H2,1H3. The molecule has 2 heterocycles. The Morgan fingerprint density at radius 2 is 1.42 bits per heavy atom. The van der Waals surface area contributed by atoms with Crippen LogP contribution >= 0.6 is 0 Å². The highest BCUT2D eigenvalue weighted by atomic mass is 16.4. The summed E-state index contributed by atoms with van der Waals surface area (Å²) in [6.07, 6.45) is 0. The van der Waals surface area contributed by atoms with Crippen LogP contribution in [0.1, 0.15) is 16.7 Å². The zero-order chi connectivity index (χ0) is 22.8. The van der Waals surface area contributed by atoms with E-state index in [4.69, 9.17) is 4.42 Å². The van der Waals surface area contributed by atoms with Crippen molar-refractivity contribution in [1.29, 1.82) is 0 Å². The fourth-order valence-corrected chi connectivity index (χ4v) is 4.72. The molecule has 168 valence electrons. The molecule has 1 aliphatic heterocycles. The van der Waals surface area contributed by atoms with Crippen molar-refractivity contribution in [1.82, 2.24) is 9.80 Å². The smallest absolute Gasteiger partial charge is 0.344 e. The van der Waals surface area contributed by atoms with Crippen molar-refractivity contribution in [2.45, 2.75) is 20.0 Å². The van der Waals surface area contributed by atoms with Crippen LogP contribution in [0.5, 0.6) is 5.75 Å². The van der Waals surface area contributed by atoms with Gasteiger partial charge in [0.05, 0.1) is 11.1 Å². The molecule has 1 saturated heterocycles. The minimum atomic E-state index is -0.370. The quantitative estimate of drug-likeness (QED) is 0.452. The normalized spacial score (nSPS) is 15.2. The summed E-state index contributed by atoms with van der Waals surface area (Å²) in [7, 11) is 0. The number of benzene rings is 3. The summed E-state index contributed by atoms with van der Waals surface area (Å²) in [5.74, 6) is 0.171. The summed E-state index contributed by atoms with van der Waals surface area (Å²) >= 11 is 0. The number of aromatic hydroxyl groups is 1. The van der Waals surface area contributed by atoms with Gasteiger partial charge in [-0.05, 0) is 35.7 Å². The molecule has 0 radical (unpaired) electrons. The van der Waals surface area contributed by atoms with Crippen LogP contribution in [0.2, 0.25) is 0 Å². The summed E-state index contributed by atoms with van der Waals surface area (Å²) in [5.41, 5.74) is 4.42. The highest BCUT2D eigenvalue weighted by Crippen LogP contribution is 2.33. The highest BCUT2D eigenvalue weighted by Gasteiger charge is 2.22. The number of hydrogen-bond acceptors (Lipinski definition) is 5. The zero-order valence-electron chi connectivity index (χ0n) is 18.8. The van der Waals surface area contributed by atoms with Crippen LogP contribution in [0.4, 0.5) is 0 Å². The molecule has 1 aromatic heterocycles. The van der Waals surface area contributed by atoms with Gasteiger partial charge in [-0.2, -0.15) is 0 Å². The van der Waals surface area contributed by atoms with E-state index < -0.39 is 0 Å². The molecule has 0 aliphatic carbocycles. The first-order valence-corrected chi connectivity index (χ1v) is 11.4. The van der Waals surface area contributed by atoms with E-state index in [9.17, 15) is 9.90 Å². The van der Waals surface area contributed by atoms with Crippen molar-refractivity contribution in [3.05, 3.63) is 99.9 Å². The number of nitrogens with zero attached hydrogens (tertiary/aromatic N) is 2. The minimum absolute atomic E-state index is 0.171. The number of phenolic OH excluding ortho intramolecular Hbond substituents is 1. The molecule has 1 fully saturated rings.